The molecule has 2 N–H and O–H groups in total. The van der Waals surface area contributed by atoms with Gasteiger partial charge in [-0.15, -0.1) is 0 Å². The molecule has 0 aliphatic rings. The largest absolute Gasteiger partial charge is 0.274 e. The average Bonchev–Trinajstić information content (AvgIpc) is 2.05. The van der Waals surface area contributed by atoms with Gasteiger partial charge >= 0.3 is 0 Å². The predicted molar refractivity (Wildman–Crippen MR) is 50.6 cm³/mol. The van der Waals surface area contributed by atoms with Gasteiger partial charge in [-0.3, -0.25) is 5.14 Å². The summed E-state index contributed by atoms with van der Waals surface area (Å²) in [6.45, 7) is 4.37. The molecule has 11 heavy (non-hydrogen) atoms. The molecule has 0 heterocycles. The zero-order valence-corrected chi connectivity index (χ0v) is 7.69. The topological polar surface area (TPSA) is 26.0 Å². The summed E-state index contributed by atoms with van der Waals surface area (Å²) in [6.07, 6.45) is 0. The maximum atomic E-state index is 5.39. The fourth-order valence-corrected chi connectivity index (χ4v) is 1.22. The summed E-state index contributed by atoms with van der Waals surface area (Å²) >= 11 is 1.29. The zero-order chi connectivity index (χ0) is 8.27. The van der Waals surface area contributed by atoms with Crippen LogP contribution in [0.3, 0.4) is 0 Å². The molecule has 0 saturated heterocycles. The van der Waals surface area contributed by atoms with Gasteiger partial charge in [0.15, 0.2) is 0 Å². The molecule has 2 heteroatoms. The van der Waals surface area contributed by atoms with Crippen molar-refractivity contribution in [1.82, 2.24) is 0 Å². The molecule has 1 aromatic rings. The van der Waals surface area contributed by atoms with Crippen molar-refractivity contribution < 1.29 is 0 Å². The predicted octanol–water partition coefficient (Wildman–Crippen LogP) is 2.78. The summed E-state index contributed by atoms with van der Waals surface area (Å²) in [6, 6.07) is 8.36. The van der Waals surface area contributed by atoms with Crippen LogP contribution in [-0.4, -0.2) is 0 Å². The van der Waals surface area contributed by atoms with Gasteiger partial charge in [-0.2, -0.15) is 0 Å². The van der Waals surface area contributed by atoms with Crippen LogP contribution < -0.4 is 5.14 Å². The molecule has 1 rings (SSSR count). The Kier molecular flexibility index (Phi) is 2.97. The van der Waals surface area contributed by atoms with Crippen molar-refractivity contribution >= 4 is 11.9 Å². The molecule has 0 aliphatic heterocycles. The quantitative estimate of drug-likeness (QED) is 0.685. The summed E-state index contributed by atoms with van der Waals surface area (Å²) in [7, 11) is 0. The first kappa shape index (κ1) is 8.62. The molecule has 60 valence electrons. The fraction of sp³-hybridized carbons (Fsp3) is 0.333. The molecule has 0 spiro atoms. The van der Waals surface area contributed by atoms with E-state index >= 15 is 0 Å². The first-order valence-corrected chi connectivity index (χ1v) is 4.58. The van der Waals surface area contributed by atoms with Crippen molar-refractivity contribution in [2.45, 2.75) is 24.7 Å². The van der Waals surface area contributed by atoms with E-state index in [1.807, 2.05) is 0 Å². The van der Waals surface area contributed by atoms with Crippen molar-refractivity contribution in [3.8, 4) is 0 Å². The summed E-state index contributed by atoms with van der Waals surface area (Å²) in [4.78, 5) is 1.12. The van der Waals surface area contributed by atoms with Crippen LogP contribution in [0.2, 0.25) is 0 Å². The van der Waals surface area contributed by atoms with E-state index in [1.165, 1.54) is 17.5 Å². The highest BCUT2D eigenvalue weighted by molar-refractivity contribution is 7.97. The van der Waals surface area contributed by atoms with Gasteiger partial charge in [0.25, 0.3) is 0 Å². The summed E-state index contributed by atoms with van der Waals surface area (Å²) in [5.41, 5.74) is 1.36. The van der Waals surface area contributed by atoms with Crippen LogP contribution in [0.5, 0.6) is 0 Å². The third-order valence-electron chi connectivity index (χ3n) is 1.68. The van der Waals surface area contributed by atoms with Crippen LogP contribution in [-0.2, 0) is 0 Å². The lowest BCUT2D eigenvalue weighted by molar-refractivity contribution is 0.865. The molecular formula is C9H13NS. The van der Waals surface area contributed by atoms with Crippen molar-refractivity contribution in [3.05, 3.63) is 29.8 Å². The van der Waals surface area contributed by atoms with Gasteiger partial charge in [0, 0.05) is 4.90 Å². The van der Waals surface area contributed by atoms with E-state index in [9.17, 15) is 0 Å². The molecule has 1 nitrogen and oxygen atoms in total. The molecule has 0 radical (unpaired) electrons. The number of hydrogen-bond donors (Lipinski definition) is 1. The van der Waals surface area contributed by atoms with Crippen LogP contribution in [0.1, 0.15) is 25.3 Å². The third-order valence-corrected chi connectivity index (χ3v) is 2.23. The van der Waals surface area contributed by atoms with Crippen molar-refractivity contribution in [3.63, 3.8) is 0 Å². The Morgan fingerprint density at radius 1 is 1.18 bits per heavy atom. The van der Waals surface area contributed by atoms with E-state index in [1.54, 1.807) is 0 Å². The Bertz CT molecular complexity index is 216. The van der Waals surface area contributed by atoms with Gasteiger partial charge in [-0.05, 0) is 35.6 Å². The third kappa shape index (κ3) is 2.24. The highest BCUT2D eigenvalue weighted by atomic mass is 32.2. The van der Waals surface area contributed by atoms with Gasteiger partial charge < -0.3 is 0 Å². The maximum Gasteiger partial charge on any atom is 0.0226 e. The van der Waals surface area contributed by atoms with Crippen LogP contribution in [0.25, 0.3) is 0 Å². The lowest BCUT2D eigenvalue weighted by Crippen LogP contribution is -1.86. The van der Waals surface area contributed by atoms with E-state index in [2.05, 4.69) is 38.1 Å². The Morgan fingerprint density at radius 2 is 1.73 bits per heavy atom. The smallest absolute Gasteiger partial charge is 0.0226 e. The minimum atomic E-state index is 0.604. The molecule has 1 aromatic carbocycles. The van der Waals surface area contributed by atoms with Gasteiger partial charge in [-0.25, -0.2) is 0 Å². The number of hydrogen-bond acceptors (Lipinski definition) is 2. The first-order chi connectivity index (χ1) is 5.24. The lowest BCUT2D eigenvalue weighted by Gasteiger charge is -2.04. The minimum absolute atomic E-state index is 0.604. The molecule has 0 bridgehead atoms. The molecular weight excluding hydrogens is 154 g/mol. The standard InChI is InChI=1S/C9H13NS/c1-7(2)8-3-5-9(11-10)6-4-8/h3-7H,10H2,1-2H3. The normalized spacial score (nSPS) is 10.5. The molecule has 0 aromatic heterocycles. The lowest BCUT2D eigenvalue weighted by atomic mass is 10.0. The van der Waals surface area contributed by atoms with E-state index in [4.69, 9.17) is 5.14 Å². The monoisotopic (exact) mass is 167 g/mol. The second-order valence-corrected chi connectivity index (χ2v) is 3.55. The summed E-state index contributed by atoms with van der Waals surface area (Å²) in [5, 5.41) is 5.39. The Morgan fingerprint density at radius 3 is 2.09 bits per heavy atom. The average molecular weight is 167 g/mol. The summed E-state index contributed by atoms with van der Waals surface area (Å²) in [5.74, 6) is 0.604. The maximum absolute atomic E-state index is 5.39. The summed E-state index contributed by atoms with van der Waals surface area (Å²) < 4.78 is 0. The van der Waals surface area contributed by atoms with Gasteiger partial charge in [-0.1, -0.05) is 26.0 Å². The molecule has 0 amide bonds. The van der Waals surface area contributed by atoms with Gasteiger partial charge in [0.2, 0.25) is 0 Å². The van der Waals surface area contributed by atoms with Crippen molar-refractivity contribution in [2.75, 3.05) is 0 Å². The second-order valence-electron chi connectivity index (χ2n) is 2.84. The molecule has 0 unspecified atom stereocenters. The van der Waals surface area contributed by atoms with Crippen LogP contribution in [0.15, 0.2) is 29.2 Å². The van der Waals surface area contributed by atoms with Crippen LogP contribution in [0, 0.1) is 0 Å². The van der Waals surface area contributed by atoms with Gasteiger partial charge in [0.05, 0.1) is 0 Å². The molecule has 0 atom stereocenters. The number of benzene rings is 1. The number of nitrogens with two attached hydrogens (primary N) is 1. The molecule has 0 saturated carbocycles. The molecule has 0 fully saturated rings. The van der Waals surface area contributed by atoms with E-state index < -0.39 is 0 Å². The highest BCUT2D eigenvalue weighted by Crippen LogP contribution is 2.17. The van der Waals surface area contributed by atoms with E-state index in [0.717, 1.165) is 4.90 Å². The van der Waals surface area contributed by atoms with Crippen molar-refractivity contribution in [1.29, 1.82) is 0 Å². The first-order valence-electron chi connectivity index (χ1n) is 3.70. The van der Waals surface area contributed by atoms with E-state index in [0.29, 0.717) is 5.92 Å². The SMILES string of the molecule is CC(C)c1ccc(SN)cc1. The number of rotatable bonds is 2. The molecule has 0 aliphatic carbocycles. The van der Waals surface area contributed by atoms with Gasteiger partial charge in [0.1, 0.15) is 0 Å². The van der Waals surface area contributed by atoms with Crippen LogP contribution in [0.4, 0.5) is 0 Å². The fourth-order valence-electron chi connectivity index (χ4n) is 0.931. The van der Waals surface area contributed by atoms with Crippen LogP contribution >= 0.6 is 11.9 Å². The second kappa shape index (κ2) is 3.79. The minimum Gasteiger partial charge on any atom is -0.274 e. The Balaban J connectivity index is 2.83. The Labute approximate surface area is 72.1 Å². The zero-order valence-electron chi connectivity index (χ0n) is 6.87. The Hall–Kier alpha value is -0.470. The van der Waals surface area contributed by atoms with E-state index in [-0.39, 0.29) is 0 Å². The van der Waals surface area contributed by atoms with Crippen molar-refractivity contribution in [2.24, 2.45) is 5.14 Å². The highest BCUT2D eigenvalue weighted by Gasteiger charge is 1.97.